The highest BCUT2D eigenvalue weighted by molar-refractivity contribution is 5.80. The van der Waals surface area contributed by atoms with Crippen LogP contribution in [0.1, 0.15) is 69.7 Å². The summed E-state index contributed by atoms with van der Waals surface area (Å²) >= 11 is 0. The Bertz CT molecular complexity index is 810. The predicted molar refractivity (Wildman–Crippen MR) is 111 cm³/mol. The minimum Gasteiger partial charge on any atom is -0.382 e. The lowest BCUT2D eigenvalue weighted by atomic mass is 9.85. The Labute approximate surface area is 171 Å². The molecule has 4 rings (SSSR count). The zero-order chi connectivity index (χ0) is 20.1. The van der Waals surface area contributed by atoms with Crippen molar-refractivity contribution >= 4 is 23.1 Å². The molecule has 6 nitrogen and oxygen atoms in total. The molecule has 0 spiro atoms. The van der Waals surface area contributed by atoms with Crippen LogP contribution in [0, 0.1) is 11.7 Å². The highest BCUT2D eigenvalue weighted by Crippen LogP contribution is 2.33. The van der Waals surface area contributed by atoms with E-state index in [1.54, 1.807) is 0 Å². The lowest BCUT2D eigenvalue weighted by Crippen LogP contribution is -2.29. The lowest BCUT2D eigenvalue weighted by molar-refractivity contribution is -0.110. The van der Waals surface area contributed by atoms with Gasteiger partial charge in [-0.05, 0) is 43.7 Å². The fourth-order valence-corrected chi connectivity index (χ4v) is 4.74. The first kappa shape index (κ1) is 20.1. The number of imidazole rings is 1. The first-order chi connectivity index (χ1) is 14.2. The third-order valence-corrected chi connectivity index (χ3v) is 6.31. The standard InChI is InChI=1S/C22H31FN4O2/c23-18-12-17(25-16-8-10-29-11-9-16)13-19-21(18)27-22(26-19)20(24-14-28)15-6-4-2-1-3-5-7-15/h12-16,20,25H,1-11H2,(H,24,28)(H,26,27). The van der Waals surface area contributed by atoms with Crippen LogP contribution in [-0.4, -0.2) is 35.6 Å². The van der Waals surface area contributed by atoms with Gasteiger partial charge in [0.05, 0.1) is 11.6 Å². The number of hydrogen-bond acceptors (Lipinski definition) is 4. The van der Waals surface area contributed by atoms with E-state index >= 15 is 0 Å². The van der Waals surface area contributed by atoms with Gasteiger partial charge in [0.15, 0.2) is 5.82 Å². The topological polar surface area (TPSA) is 79.0 Å². The SMILES string of the molecule is O=CNC(c1nc2c(F)cc(NC3CCOCC3)cc2[nH]1)C1CCCCCCC1. The molecular formula is C22H31FN4O2. The minimum atomic E-state index is -0.345. The Balaban J connectivity index is 1.58. The first-order valence-corrected chi connectivity index (χ1v) is 11.0. The van der Waals surface area contributed by atoms with Crippen molar-refractivity contribution in [3.8, 4) is 0 Å². The number of anilines is 1. The molecule has 2 aliphatic rings. The largest absolute Gasteiger partial charge is 0.382 e. The van der Waals surface area contributed by atoms with Gasteiger partial charge in [-0.3, -0.25) is 4.79 Å². The quantitative estimate of drug-likeness (QED) is 0.624. The maximum Gasteiger partial charge on any atom is 0.207 e. The molecule has 0 radical (unpaired) electrons. The number of carbonyl (C=O) groups excluding carboxylic acids is 1. The van der Waals surface area contributed by atoms with Crippen LogP contribution in [-0.2, 0) is 9.53 Å². The zero-order valence-electron chi connectivity index (χ0n) is 16.9. The van der Waals surface area contributed by atoms with Crippen molar-refractivity contribution in [2.75, 3.05) is 18.5 Å². The van der Waals surface area contributed by atoms with E-state index in [0.717, 1.165) is 63.8 Å². The van der Waals surface area contributed by atoms with Crippen molar-refractivity contribution in [1.82, 2.24) is 15.3 Å². The van der Waals surface area contributed by atoms with Gasteiger partial charge in [0.1, 0.15) is 11.3 Å². The van der Waals surface area contributed by atoms with E-state index in [1.165, 1.54) is 25.3 Å². The third-order valence-electron chi connectivity index (χ3n) is 6.31. The highest BCUT2D eigenvalue weighted by atomic mass is 19.1. The number of rotatable bonds is 6. The summed E-state index contributed by atoms with van der Waals surface area (Å²) in [6, 6.07) is 3.52. The number of benzene rings is 1. The summed E-state index contributed by atoms with van der Waals surface area (Å²) in [5.41, 5.74) is 1.75. The molecule has 2 fully saturated rings. The molecule has 2 aromatic rings. The normalized spacial score (nSPS) is 20.7. The van der Waals surface area contributed by atoms with Crippen LogP contribution in [0.2, 0.25) is 0 Å². The summed E-state index contributed by atoms with van der Waals surface area (Å²) in [6.07, 6.45) is 10.8. The first-order valence-electron chi connectivity index (χ1n) is 11.0. The summed E-state index contributed by atoms with van der Waals surface area (Å²) in [6.45, 7) is 1.47. The van der Waals surface area contributed by atoms with E-state index < -0.39 is 0 Å². The highest BCUT2D eigenvalue weighted by Gasteiger charge is 2.27. The molecular weight excluding hydrogens is 371 g/mol. The second-order valence-electron chi connectivity index (χ2n) is 8.37. The Morgan fingerprint density at radius 2 is 1.83 bits per heavy atom. The summed E-state index contributed by atoms with van der Waals surface area (Å²) in [4.78, 5) is 19.1. The molecule has 0 bridgehead atoms. The number of nitrogens with one attached hydrogen (secondary N) is 3. The van der Waals surface area contributed by atoms with E-state index in [-0.39, 0.29) is 11.9 Å². The molecule has 1 amide bonds. The maximum absolute atomic E-state index is 14.8. The predicted octanol–water partition coefficient (Wildman–Crippen LogP) is 4.44. The summed E-state index contributed by atoms with van der Waals surface area (Å²) in [5, 5.41) is 6.37. The molecule has 1 saturated carbocycles. The number of halogens is 1. The molecule has 2 heterocycles. The van der Waals surface area contributed by atoms with Crippen LogP contribution >= 0.6 is 0 Å². The Hall–Kier alpha value is -2.15. The van der Waals surface area contributed by atoms with Gasteiger partial charge in [0, 0.05) is 24.9 Å². The van der Waals surface area contributed by atoms with Crippen LogP contribution in [0.5, 0.6) is 0 Å². The zero-order valence-corrected chi connectivity index (χ0v) is 16.9. The van der Waals surface area contributed by atoms with E-state index in [0.29, 0.717) is 28.8 Å². The fraction of sp³-hybridized carbons (Fsp3) is 0.636. The fourth-order valence-electron chi connectivity index (χ4n) is 4.74. The van der Waals surface area contributed by atoms with E-state index in [4.69, 9.17) is 4.74 Å². The molecule has 1 aromatic carbocycles. The second kappa shape index (κ2) is 9.57. The Morgan fingerprint density at radius 1 is 1.10 bits per heavy atom. The van der Waals surface area contributed by atoms with Crippen molar-refractivity contribution in [1.29, 1.82) is 0 Å². The molecule has 1 saturated heterocycles. The van der Waals surface area contributed by atoms with Gasteiger partial charge in [-0.25, -0.2) is 9.37 Å². The van der Waals surface area contributed by atoms with Crippen molar-refractivity contribution < 1.29 is 13.9 Å². The smallest absolute Gasteiger partial charge is 0.207 e. The van der Waals surface area contributed by atoms with Gasteiger partial charge in [-0.1, -0.05) is 32.1 Å². The third kappa shape index (κ3) is 4.89. The van der Waals surface area contributed by atoms with Gasteiger partial charge in [-0.15, -0.1) is 0 Å². The Kier molecular flexibility index (Phi) is 6.64. The lowest BCUT2D eigenvalue weighted by Gasteiger charge is -2.26. The monoisotopic (exact) mass is 402 g/mol. The van der Waals surface area contributed by atoms with Crippen LogP contribution in [0.4, 0.5) is 10.1 Å². The number of aromatic nitrogens is 2. The van der Waals surface area contributed by atoms with Crippen molar-refractivity contribution in [3.63, 3.8) is 0 Å². The number of nitrogens with zero attached hydrogens (tertiary/aromatic N) is 1. The number of fused-ring (bicyclic) bond motifs is 1. The van der Waals surface area contributed by atoms with Crippen LogP contribution < -0.4 is 10.6 Å². The van der Waals surface area contributed by atoms with Crippen molar-refractivity contribution in [2.24, 2.45) is 5.92 Å². The number of carbonyl (C=O) groups is 1. The van der Waals surface area contributed by atoms with Gasteiger partial charge in [0.2, 0.25) is 6.41 Å². The molecule has 3 N–H and O–H groups in total. The average molecular weight is 403 g/mol. The number of aromatic amines is 1. The van der Waals surface area contributed by atoms with Crippen LogP contribution in [0.25, 0.3) is 11.0 Å². The molecule has 1 atom stereocenters. The Morgan fingerprint density at radius 3 is 2.55 bits per heavy atom. The summed E-state index contributed by atoms with van der Waals surface area (Å²) in [7, 11) is 0. The van der Waals surface area contributed by atoms with Crippen molar-refractivity contribution in [2.45, 2.75) is 69.9 Å². The number of amides is 1. The van der Waals surface area contributed by atoms with Gasteiger partial charge in [-0.2, -0.15) is 0 Å². The molecule has 7 heteroatoms. The maximum atomic E-state index is 14.8. The number of H-pyrrole nitrogens is 1. The minimum absolute atomic E-state index is 0.204. The second-order valence-corrected chi connectivity index (χ2v) is 8.37. The van der Waals surface area contributed by atoms with Gasteiger partial charge < -0.3 is 20.4 Å². The van der Waals surface area contributed by atoms with Gasteiger partial charge in [0.25, 0.3) is 0 Å². The van der Waals surface area contributed by atoms with Crippen LogP contribution in [0.3, 0.4) is 0 Å². The molecule has 1 aromatic heterocycles. The summed E-state index contributed by atoms with van der Waals surface area (Å²) in [5.74, 6) is 0.630. The number of hydrogen-bond donors (Lipinski definition) is 3. The molecule has 29 heavy (non-hydrogen) atoms. The molecule has 1 aliphatic carbocycles. The summed E-state index contributed by atoms with van der Waals surface area (Å²) < 4.78 is 20.2. The molecule has 1 aliphatic heterocycles. The van der Waals surface area contributed by atoms with Crippen LogP contribution in [0.15, 0.2) is 12.1 Å². The average Bonchev–Trinajstić information content (AvgIpc) is 3.12. The van der Waals surface area contributed by atoms with E-state index in [9.17, 15) is 9.18 Å². The molecule has 1 unspecified atom stereocenters. The van der Waals surface area contributed by atoms with Crippen molar-refractivity contribution in [3.05, 3.63) is 23.8 Å². The molecule has 158 valence electrons. The van der Waals surface area contributed by atoms with E-state index in [1.807, 2.05) is 6.07 Å². The van der Waals surface area contributed by atoms with E-state index in [2.05, 4.69) is 20.6 Å². The van der Waals surface area contributed by atoms with Gasteiger partial charge >= 0.3 is 0 Å². The number of ether oxygens (including phenoxy) is 1.